The van der Waals surface area contributed by atoms with E-state index >= 15 is 0 Å². The summed E-state index contributed by atoms with van der Waals surface area (Å²) in [5.74, 6) is 0.805. The lowest BCUT2D eigenvalue weighted by molar-refractivity contribution is 0.0955. The summed E-state index contributed by atoms with van der Waals surface area (Å²) in [5.41, 5.74) is 4.50. The first-order chi connectivity index (χ1) is 16.3. The van der Waals surface area contributed by atoms with Crippen LogP contribution in [0.2, 0.25) is 0 Å². The Kier molecular flexibility index (Phi) is 8.26. The molecule has 0 fully saturated rings. The molecular weight excluding hydrogens is 454 g/mol. The van der Waals surface area contributed by atoms with Gasteiger partial charge in [0, 0.05) is 12.1 Å². The van der Waals surface area contributed by atoms with Gasteiger partial charge in [0.15, 0.2) is 0 Å². The molecule has 0 radical (unpaired) electrons. The average Bonchev–Trinajstić information content (AvgIpc) is 2.84. The number of hydrazone groups is 1. The molecule has 9 heteroatoms. The topological polar surface area (TPSA) is 106 Å². The highest BCUT2D eigenvalue weighted by Gasteiger charge is 2.18. The Balaban J connectivity index is 1.70. The van der Waals surface area contributed by atoms with E-state index in [4.69, 9.17) is 9.47 Å². The zero-order chi connectivity index (χ0) is 24.6. The van der Waals surface area contributed by atoms with Gasteiger partial charge in [-0.1, -0.05) is 24.3 Å². The van der Waals surface area contributed by atoms with Gasteiger partial charge in [0.1, 0.15) is 11.5 Å². The number of carbonyl (C=O) groups is 1. The van der Waals surface area contributed by atoms with Crippen LogP contribution in [0.15, 0.2) is 82.8 Å². The number of sulfonamides is 1. The fraction of sp³-hybridized carbons (Fsp3) is 0.200. The van der Waals surface area contributed by atoms with Gasteiger partial charge in [0.2, 0.25) is 0 Å². The minimum atomic E-state index is -3.91. The molecule has 0 spiro atoms. The second-order valence-electron chi connectivity index (χ2n) is 7.37. The normalized spacial score (nSPS) is 11.6. The molecular formula is C25H27N3O5S. The number of hydrogen-bond donors (Lipinski definition) is 2. The third-order valence-corrected chi connectivity index (χ3v) is 6.21. The Labute approximate surface area is 199 Å². The highest BCUT2D eigenvalue weighted by atomic mass is 32.2. The Hall–Kier alpha value is -3.85. The molecule has 34 heavy (non-hydrogen) atoms. The van der Waals surface area contributed by atoms with Gasteiger partial charge in [-0.05, 0) is 67.9 Å². The van der Waals surface area contributed by atoms with Crippen LogP contribution < -0.4 is 19.6 Å². The van der Waals surface area contributed by atoms with Crippen LogP contribution >= 0.6 is 0 Å². The fourth-order valence-corrected chi connectivity index (χ4v) is 4.22. The van der Waals surface area contributed by atoms with Gasteiger partial charge in [0.05, 0.1) is 29.9 Å². The number of methoxy groups -OCH3 is 1. The number of hydrogen-bond acceptors (Lipinski definition) is 6. The molecule has 0 aromatic heterocycles. The maximum atomic E-state index is 12.8. The summed E-state index contributed by atoms with van der Waals surface area (Å²) in [6.07, 6.45) is 0.538. The number of para-hydroxylation sites is 1. The third-order valence-electron chi connectivity index (χ3n) is 4.83. The number of rotatable bonds is 10. The van der Waals surface area contributed by atoms with E-state index in [0.717, 1.165) is 11.3 Å². The van der Waals surface area contributed by atoms with E-state index in [0.29, 0.717) is 24.5 Å². The van der Waals surface area contributed by atoms with Crippen molar-refractivity contribution in [3.8, 4) is 11.5 Å². The molecule has 0 saturated carbocycles. The number of amides is 1. The molecule has 2 N–H and O–H groups in total. The summed E-state index contributed by atoms with van der Waals surface area (Å²) in [6, 6.07) is 20.0. The van der Waals surface area contributed by atoms with Crippen molar-refractivity contribution in [1.29, 1.82) is 0 Å². The van der Waals surface area contributed by atoms with Crippen molar-refractivity contribution in [1.82, 2.24) is 5.43 Å². The lowest BCUT2D eigenvalue weighted by Gasteiger charge is -2.12. The van der Waals surface area contributed by atoms with E-state index in [1.54, 1.807) is 38.3 Å². The summed E-state index contributed by atoms with van der Waals surface area (Å²) < 4.78 is 38.7. The van der Waals surface area contributed by atoms with Gasteiger partial charge < -0.3 is 9.47 Å². The predicted octanol–water partition coefficient (Wildman–Crippen LogP) is 4.24. The Morgan fingerprint density at radius 3 is 2.24 bits per heavy atom. The van der Waals surface area contributed by atoms with Crippen LogP contribution in [0.1, 0.15) is 29.8 Å². The number of nitrogens with one attached hydrogen (secondary N) is 2. The summed E-state index contributed by atoms with van der Waals surface area (Å²) in [6.45, 7) is 4.12. The maximum absolute atomic E-state index is 12.8. The second kappa shape index (κ2) is 11.3. The van der Waals surface area contributed by atoms with Crippen LogP contribution in [-0.2, 0) is 16.4 Å². The fourth-order valence-electron chi connectivity index (χ4n) is 3.14. The molecule has 0 aliphatic carbocycles. The second-order valence-corrected chi connectivity index (χ2v) is 9.05. The van der Waals surface area contributed by atoms with Crippen molar-refractivity contribution in [3.63, 3.8) is 0 Å². The van der Waals surface area contributed by atoms with Gasteiger partial charge in [-0.15, -0.1) is 0 Å². The Bertz CT molecular complexity index is 1250. The van der Waals surface area contributed by atoms with Crippen LogP contribution in [-0.4, -0.2) is 33.8 Å². The van der Waals surface area contributed by atoms with E-state index in [2.05, 4.69) is 15.2 Å². The average molecular weight is 482 g/mol. The molecule has 3 aromatic carbocycles. The number of anilines is 1. The zero-order valence-electron chi connectivity index (χ0n) is 19.2. The van der Waals surface area contributed by atoms with Crippen molar-refractivity contribution < 1.29 is 22.7 Å². The van der Waals surface area contributed by atoms with E-state index in [-0.39, 0.29) is 16.1 Å². The zero-order valence-corrected chi connectivity index (χ0v) is 20.1. The highest BCUT2D eigenvalue weighted by molar-refractivity contribution is 7.92. The lowest BCUT2D eigenvalue weighted by Crippen LogP contribution is -2.22. The van der Waals surface area contributed by atoms with Crippen LogP contribution in [0.4, 0.5) is 5.69 Å². The van der Waals surface area contributed by atoms with Crippen LogP contribution in [0.3, 0.4) is 0 Å². The first kappa shape index (κ1) is 24.8. The van der Waals surface area contributed by atoms with E-state index < -0.39 is 15.9 Å². The molecule has 178 valence electrons. The monoisotopic (exact) mass is 481 g/mol. The summed E-state index contributed by atoms with van der Waals surface area (Å²) in [4.78, 5) is 12.8. The van der Waals surface area contributed by atoms with Gasteiger partial charge in [0.25, 0.3) is 15.9 Å². The van der Waals surface area contributed by atoms with Gasteiger partial charge in [-0.25, -0.2) is 13.8 Å². The van der Waals surface area contributed by atoms with Gasteiger partial charge in [-0.3, -0.25) is 9.52 Å². The quantitative estimate of drug-likeness (QED) is 0.333. The standard InChI is InChI=1S/C25H27N3O5S/c1-4-33-21-13-15-22(16-14-21)34(30,31)28-24-8-6-5-7-23(24)25(29)27-26-18(2)17-19-9-11-20(32-3)12-10-19/h5-16,28H,4,17H2,1-3H3,(H,27,29)/b26-18+. The Morgan fingerprint density at radius 1 is 0.941 bits per heavy atom. The lowest BCUT2D eigenvalue weighted by atomic mass is 10.1. The maximum Gasteiger partial charge on any atom is 0.273 e. The smallest absolute Gasteiger partial charge is 0.273 e. The first-order valence-corrected chi connectivity index (χ1v) is 12.1. The van der Waals surface area contributed by atoms with E-state index in [9.17, 15) is 13.2 Å². The molecule has 1 amide bonds. The molecule has 0 bridgehead atoms. The molecule has 8 nitrogen and oxygen atoms in total. The van der Waals surface area contributed by atoms with Crippen LogP contribution in [0.5, 0.6) is 11.5 Å². The van der Waals surface area contributed by atoms with Crippen LogP contribution in [0.25, 0.3) is 0 Å². The molecule has 0 aliphatic rings. The summed E-state index contributed by atoms with van der Waals surface area (Å²) in [7, 11) is -2.31. The summed E-state index contributed by atoms with van der Waals surface area (Å²) in [5, 5.41) is 4.16. The number of carbonyl (C=O) groups excluding carboxylic acids is 1. The Morgan fingerprint density at radius 2 is 1.59 bits per heavy atom. The van der Waals surface area contributed by atoms with E-state index in [1.807, 2.05) is 31.2 Å². The molecule has 0 saturated heterocycles. The van der Waals surface area contributed by atoms with Crippen molar-refractivity contribution in [2.75, 3.05) is 18.4 Å². The van der Waals surface area contributed by atoms with Crippen molar-refractivity contribution in [3.05, 3.63) is 83.9 Å². The number of ether oxygens (including phenoxy) is 2. The largest absolute Gasteiger partial charge is 0.497 e. The van der Waals surface area contributed by atoms with Crippen molar-refractivity contribution >= 4 is 27.3 Å². The SMILES string of the molecule is CCOc1ccc(S(=O)(=O)Nc2ccccc2C(=O)N/N=C(\C)Cc2ccc(OC)cc2)cc1. The number of nitrogens with zero attached hydrogens (tertiary/aromatic N) is 1. The summed E-state index contributed by atoms with van der Waals surface area (Å²) >= 11 is 0. The van der Waals surface area contributed by atoms with Crippen molar-refractivity contribution in [2.24, 2.45) is 5.10 Å². The molecule has 0 aliphatic heterocycles. The molecule has 0 atom stereocenters. The molecule has 3 rings (SSSR count). The first-order valence-electron chi connectivity index (χ1n) is 10.6. The van der Waals surface area contributed by atoms with Crippen LogP contribution in [0, 0.1) is 0 Å². The minimum absolute atomic E-state index is 0.0551. The van der Waals surface area contributed by atoms with E-state index in [1.165, 1.54) is 24.3 Å². The minimum Gasteiger partial charge on any atom is -0.497 e. The highest BCUT2D eigenvalue weighted by Crippen LogP contribution is 2.22. The predicted molar refractivity (Wildman–Crippen MR) is 132 cm³/mol. The van der Waals surface area contributed by atoms with Gasteiger partial charge >= 0.3 is 0 Å². The molecule has 0 unspecified atom stereocenters. The number of benzene rings is 3. The third kappa shape index (κ3) is 6.58. The molecule has 3 aromatic rings. The molecule has 0 heterocycles. The van der Waals surface area contributed by atoms with Crippen molar-refractivity contribution in [2.45, 2.75) is 25.2 Å². The van der Waals surface area contributed by atoms with Gasteiger partial charge in [-0.2, -0.15) is 5.10 Å².